The predicted octanol–water partition coefficient (Wildman–Crippen LogP) is 3.29. The van der Waals surface area contributed by atoms with Gasteiger partial charge in [0.15, 0.2) is 5.15 Å². The van der Waals surface area contributed by atoms with Crippen molar-refractivity contribution >= 4 is 27.6 Å². The summed E-state index contributed by atoms with van der Waals surface area (Å²) in [5.41, 5.74) is 0.109. The molecule has 0 aliphatic carbocycles. The summed E-state index contributed by atoms with van der Waals surface area (Å²) in [4.78, 5) is 15.3. The lowest BCUT2D eigenvalue weighted by molar-refractivity contribution is -0.138. The maximum Gasteiger partial charge on any atom is 0.318 e. The number of carboxylic acids is 1. The molecule has 1 aromatic carbocycles. The third-order valence-corrected chi connectivity index (χ3v) is 7.16. The number of aliphatic hydroxyl groups is 1. The zero-order valence-electron chi connectivity index (χ0n) is 19.2. The molecular formula is C21H30ClN3O5S. The second kappa shape index (κ2) is 10.1. The minimum atomic E-state index is -4.22. The third-order valence-electron chi connectivity index (χ3n) is 4.79. The summed E-state index contributed by atoms with van der Waals surface area (Å²) in [5, 5.41) is 19.1. The number of aromatic nitrogens is 2. The fourth-order valence-corrected chi connectivity index (χ4v) is 5.12. The summed E-state index contributed by atoms with van der Waals surface area (Å²) in [6.07, 6.45) is 2.53. The Hall–Kier alpha value is -1.94. The number of rotatable bonds is 10. The van der Waals surface area contributed by atoms with Gasteiger partial charge in [0.05, 0.1) is 18.6 Å². The molecule has 0 unspecified atom stereocenters. The first kappa shape index (κ1) is 23.7. The van der Waals surface area contributed by atoms with E-state index in [4.69, 9.17) is 13.0 Å². The Bertz CT molecular complexity index is 1080. The Morgan fingerprint density at radius 2 is 2.00 bits per heavy atom. The lowest BCUT2D eigenvalue weighted by Gasteiger charge is -2.33. The van der Waals surface area contributed by atoms with E-state index in [9.17, 15) is 23.4 Å². The summed E-state index contributed by atoms with van der Waals surface area (Å²) in [7, 11) is -4.22. The number of imidazole rings is 1. The Morgan fingerprint density at radius 1 is 1.32 bits per heavy atom. The number of nitrogens with zero attached hydrogens (tertiary/aromatic N) is 3. The molecule has 31 heavy (non-hydrogen) atoms. The summed E-state index contributed by atoms with van der Waals surface area (Å²) < 4.78 is 37.3. The highest BCUT2D eigenvalue weighted by molar-refractivity contribution is 7.89. The van der Waals surface area contributed by atoms with Crippen molar-refractivity contribution in [2.45, 2.75) is 70.5 Å². The number of carbonyl (C=O) groups is 1. The van der Waals surface area contributed by atoms with Crippen LogP contribution in [0.5, 0.6) is 0 Å². The van der Waals surface area contributed by atoms with Gasteiger partial charge in [-0.3, -0.25) is 4.79 Å². The van der Waals surface area contributed by atoms with E-state index in [1.54, 1.807) is 31.4 Å². The van der Waals surface area contributed by atoms with Gasteiger partial charge < -0.3 is 14.8 Å². The topological polar surface area (TPSA) is 113 Å². The minimum Gasteiger partial charge on any atom is -0.480 e. The van der Waals surface area contributed by atoms with Crippen LogP contribution >= 0.6 is 11.6 Å². The van der Waals surface area contributed by atoms with E-state index in [-0.39, 0.29) is 29.2 Å². The van der Waals surface area contributed by atoms with Crippen molar-refractivity contribution in [1.82, 2.24) is 13.9 Å². The van der Waals surface area contributed by atoms with Crippen LogP contribution in [0.3, 0.4) is 0 Å². The van der Waals surface area contributed by atoms with E-state index in [0.717, 1.165) is 17.1 Å². The van der Waals surface area contributed by atoms with Crippen molar-refractivity contribution in [3.63, 3.8) is 0 Å². The minimum absolute atomic E-state index is 0.221. The fourth-order valence-electron chi connectivity index (χ4n) is 3.18. The Labute approximate surface area is 189 Å². The van der Waals surface area contributed by atoms with Crippen LogP contribution in [0.1, 0.15) is 59.0 Å². The van der Waals surface area contributed by atoms with Crippen LogP contribution in [0.15, 0.2) is 29.1 Å². The van der Waals surface area contributed by atoms with Crippen LogP contribution < -0.4 is 0 Å². The van der Waals surface area contributed by atoms with Gasteiger partial charge in [-0.1, -0.05) is 37.1 Å². The van der Waals surface area contributed by atoms with Crippen LogP contribution in [0.2, 0.25) is 5.15 Å². The standard InChI is InChI=1S/C21H30ClN3O5S/c1-5-6-7-18-23-20(22)17(14-26)24(18)12-15-8-10-16(11-9-15)31(29,30)25(13-19(27)28)21(2,3)4/h8-11,26H,5-7,12-14H2,1-4H3,(H,27,28)/i10D. The van der Waals surface area contributed by atoms with Gasteiger partial charge in [-0.05, 0) is 44.9 Å². The van der Waals surface area contributed by atoms with E-state index in [1.807, 2.05) is 0 Å². The molecule has 0 aliphatic rings. The maximum atomic E-state index is 13.2. The van der Waals surface area contributed by atoms with Gasteiger partial charge in [0.2, 0.25) is 10.0 Å². The molecule has 1 aromatic heterocycles. The number of aliphatic hydroxyl groups excluding tert-OH is 1. The lowest BCUT2D eigenvalue weighted by Crippen LogP contribution is -2.48. The van der Waals surface area contributed by atoms with Crippen LogP contribution in [-0.4, -0.2) is 50.5 Å². The Kier molecular flexibility index (Phi) is 7.74. The number of aryl methyl sites for hydroxylation is 1. The van der Waals surface area contributed by atoms with Crippen molar-refractivity contribution in [3.8, 4) is 0 Å². The van der Waals surface area contributed by atoms with Gasteiger partial charge >= 0.3 is 5.97 Å². The average molecular weight is 473 g/mol. The second-order valence-corrected chi connectivity index (χ2v) is 10.4. The number of halogens is 1. The Balaban J connectivity index is 2.44. The van der Waals surface area contributed by atoms with Gasteiger partial charge in [0, 0.05) is 18.5 Å². The molecule has 0 amide bonds. The Morgan fingerprint density at radius 3 is 2.52 bits per heavy atom. The molecule has 10 heteroatoms. The van der Waals surface area contributed by atoms with Crippen LogP contribution in [0.25, 0.3) is 0 Å². The van der Waals surface area contributed by atoms with Crippen LogP contribution in [0, 0.1) is 0 Å². The molecule has 2 N–H and O–H groups in total. The molecule has 0 fully saturated rings. The molecule has 0 aliphatic heterocycles. The van der Waals surface area contributed by atoms with Gasteiger partial charge in [-0.2, -0.15) is 4.31 Å². The fraction of sp³-hybridized carbons (Fsp3) is 0.524. The highest BCUT2D eigenvalue weighted by Crippen LogP contribution is 2.25. The molecule has 0 atom stereocenters. The molecule has 2 aromatic rings. The molecule has 0 radical (unpaired) electrons. The average Bonchev–Trinajstić information content (AvgIpc) is 2.97. The molecule has 8 nitrogen and oxygen atoms in total. The number of hydrogen-bond acceptors (Lipinski definition) is 5. The third kappa shape index (κ3) is 6.06. The zero-order valence-corrected chi connectivity index (χ0v) is 19.8. The molecule has 0 bridgehead atoms. The number of sulfonamides is 1. The van der Waals surface area contributed by atoms with Crippen LogP contribution in [-0.2, 0) is 34.4 Å². The van der Waals surface area contributed by atoms with E-state index in [2.05, 4.69) is 11.9 Å². The highest BCUT2D eigenvalue weighted by atomic mass is 35.5. The first-order valence-electron chi connectivity index (χ1n) is 10.5. The van der Waals surface area contributed by atoms with E-state index < -0.39 is 28.1 Å². The number of carboxylic acid groups (broad SMARTS) is 1. The van der Waals surface area contributed by atoms with Crippen molar-refractivity contribution in [3.05, 3.63) is 46.5 Å². The number of benzene rings is 1. The molecule has 172 valence electrons. The summed E-state index contributed by atoms with van der Waals surface area (Å²) >= 11 is 6.17. The highest BCUT2D eigenvalue weighted by Gasteiger charge is 2.35. The summed E-state index contributed by atoms with van der Waals surface area (Å²) in [6.45, 7) is 6.11. The van der Waals surface area contributed by atoms with Gasteiger partial charge in [-0.25, -0.2) is 13.4 Å². The van der Waals surface area contributed by atoms with Gasteiger partial charge in [-0.15, -0.1) is 0 Å². The molecule has 1 heterocycles. The quantitative estimate of drug-likeness (QED) is 0.548. The smallest absolute Gasteiger partial charge is 0.318 e. The lowest BCUT2D eigenvalue weighted by atomic mass is 10.1. The molecular weight excluding hydrogens is 442 g/mol. The predicted molar refractivity (Wildman–Crippen MR) is 119 cm³/mol. The van der Waals surface area contributed by atoms with E-state index in [0.29, 0.717) is 23.5 Å². The van der Waals surface area contributed by atoms with Crippen molar-refractivity contribution in [2.24, 2.45) is 0 Å². The van der Waals surface area contributed by atoms with E-state index in [1.165, 1.54) is 12.1 Å². The molecule has 0 saturated carbocycles. The van der Waals surface area contributed by atoms with Gasteiger partial charge in [0.1, 0.15) is 12.4 Å². The van der Waals surface area contributed by atoms with Crippen molar-refractivity contribution in [2.75, 3.05) is 6.54 Å². The van der Waals surface area contributed by atoms with Gasteiger partial charge in [0.25, 0.3) is 0 Å². The normalized spacial score (nSPS) is 12.9. The number of unbranched alkanes of at least 4 members (excludes halogenated alkanes) is 1. The maximum absolute atomic E-state index is 13.2. The monoisotopic (exact) mass is 472 g/mol. The summed E-state index contributed by atoms with van der Waals surface area (Å²) in [5.74, 6) is -0.565. The van der Waals surface area contributed by atoms with Crippen LogP contribution in [0.4, 0.5) is 0 Å². The molecule has 0 saturated heterocycles. The SMILES string of the molecule is [2H]c1cc(Cn2c(CCCC)nc(Cl)c2CO)ccc1S(=O)(=O)N(CC(=O)O)C(C)(C)C. The van der Waals surface area contributed by atoms with Crippen molar-refractivity contribution < 1.29 is 24.8 Å². The zero-order chi connectivity index (χ0) is 24.3. The van der Waals surface area contributed by atoms with Crippen molar-refractivity contribution in [1.29, 1.82) is 0 Å². The second-order valence-electron chi connectivity index (χ2n) is 8.25. The first-order valence-corrected chi connectivity index (χ1v) is 11.8. The summed E-state index contributed by atoms with van der Waals surface area (Å²) in [6, 6.07) is 4.07. The molecule has 2 rings (SSSR count). The first-order chi connectivity index (χ1) is 14.8. The number of hydrogen-bond donors (Lipinski definition) is 2. The molecule has 0 spiro atoms. The largest absolute Gasteiger partial charge is 0.480 e. The van der Waals surface area contributed by atoms with E-state index >= 15 is 0 Å². The number of aliphatic carboxylic acids is 1.